The van der Waals surface area contributed by atoms with Crippen molar-refractivity contribution < 1.29 is 18.0 Å². The second-order valence-corrected chi connectivity index (χ2v) is 7.77. The smallest absolute Gasteiger partial charge is 0.499 e. The Morgan fingerprint density at radius 2 is 1.40 bits per heavy atom. The van der Waals surface area contributed by atoms with Crippen LogP contribution in [0, 0.1) is 5.92 Å². The van der Waals surface area contributed by atoms with Crippen molar-refractivity contribution in [3.63, 3.8) is 0 Å². The minimum Gasteiger partial charge on any atom is -0.499 e. The highest BCUT2D eigenvalue weighted by Crippen LogP contribution is 2.20. The summed E-state index contributed by atoms with van der Waals surface area (Å²) >= 11 is 0. The molecule has 0 saturated carbocycles. The van der Waals surface area contributed by atoms with Crippen molar-refractivity contribution >= 4 is 8.80 Å². The van der Waals surface area contributed by atoms with Gasteiger partial charge in [0.1, 0.15) is 0 Å². The van der Waals surface area contributed by atoms with Gasteiger partial charge in [0.25, 0.3) is 0 Å². The Kier molecular flexibility index (Phi) is 11.1. The summed E-state index contributed by atoms with van der Waals surface area (Å²) in [7, 11) is -2.52. The van der Waals surface area contributed by atoms with Crippen LogP contribution in [0.15, 0.2) is 12.3 Å². The van der Waals surface area contributed by atoms with Crippen molar-refractivity contribution in [3.05, 3.63) is 12.3 Å². The number of allylic oxidation sites excluding steroid dienone is 1. The Labute approximate surface area is 125 Å². The topological polar surface area (TPSA) is 36.9 Å². The lowest BCUT2D eigenvalue weighted by Gasteiger charge is -2.29. The molecule has 0 radical (unpaired) electrons. The Hall–Kier alpha value is -0.363. The maximum atomic E-state index is 5.82. The van der Waals surface area contributed by atoms with Crippen LogP contribution in [0.2, 0.25) is 6.04 Å². The van der Waals surface area contributed by atoms with Crippen molar-refractivity contribution in [1.82, 2.24) is 0 Å². The average molecular weight is 305 g/mol. The standard InChI is InChI=1S/C15H32O4Si/c1-7-17-20(18-8-2,19-9-3)13-11-15(6)16-12-10-14(4)5/h10,12,14-15H,7-9,11,13H2,1-6H3. The van der Waals surface area contributed by atoms with Gasteiger partial charge in [0.05, 0.1) is 12.4 Å². The van der Waals surface area contributed by atoms with Gasteiger partial charge in [0.15, 0.2) is 0 Å². The van der Waals surface area contributed by atoms with E-state index in [0.717, 1.165) is 12.5 Å². The van der Waals surface area contributed by atoms with Crippen LogP contribution < -0.4 is 0 Å². The molecule has 1 unspecified atom stereocenters. The highest BCUT2D eigenvalue weighted by Gasteiger charge is 2.40. The van der Waals surface area contributed by atoms with Crippen LogP contribution in [-0.4, -0.2) is 34.7 Å². The molecular formula is C15H32O4Si. The molecule has 0 aromatic rings. The molecule has 20 heavy (non-hydrogen) atoms. The molecule has 120 valence electrons. The zero-order valence-electron chi connectivity index (χ0n) is 14.0. The first kappa shape index (κ1) is 19.6. The lowest BCUT2D eigenvalue weighted by Crippen LogP contribution is -2.46. The first-order valence-corrected chi connectivity index (χ1v) is 9.66. The van der Waals surface area contributed by atoms with Gasteiger partial charge in [-0.3, -0.25) is 0 Å². The lowest BCUT2D eigenvalue weighted by atomic mass is 10.2. The Morgan fingerprint density at radius 1 is 0.900 bits per heavy atom. The molecule has 0 saturated heterocycles. The van der Waals surface area contributed by atoms with Gasteiger partial charge >= 0.3 is 8.80 Å². The normalized spacial score (nSPS) is 14.2. The minimum absolute atomic E-state index is 0.137. The molecular weight excluding hydrogens is 272 g/mol. The van der Waals surface area contributed by atoms with Gasteiger partial charge in [-0.05, 0) is 46.1 Å². The molecule has 0 amide bonds. The number of ether oxygens (including phenoxy) is 1. The van der Waals surface area contributed by atoms with E-state index in [1.54, 1.807) is 6.26 Å². The monoisotopic (exact) mass is 304 g/mol. The molecule has 0 heterocycles. The predicted molar refractivity (Wildman–Crippen MR) is 84.6 cm³/mol. The van der Waals surface area contributed by atoms with Crippen molar-refractivity contribution in [1.29, 1.82) is 0 Å². The molecule has 0 aliphatic heterocycles. The quantitative estimate of drug-likeness (QED) is 0.403. The van der Waals surface area contributed by atoms with Crippen LogP contribution in [0.4, 0.5) is 0 Å². The van der Waals surface area contributed by atoms with Crippen LogP contribution in [-0.2, 0) is 18.0 Å². The van der Waals surface area contributed by atoms with E-state index in [2.05, 4.69) is 26.8 Å². The van der Waals surface area contributed by atoms with Gasteiger partial charge in [0, 0.05) is 25.9 Å². The number of rotatable bonds is 12. The molecule has 1 atom stereocenters. The summed E-state index contributed by atoms with van der Waals surface area (Å²) in [4.78, 5) is 0. The van der Waals surface area contributed by atoms with Gasteiger partial charge in [-0.15, -0.1) is 0 Å². The van der Waals surface area contributed by atoms with Gasteiger partial charge in [-0.2, -0.15) is 0 Å². The summed E-state index contributed by atoms with van der Waals surface area (Å²) in [6.45, 7) is 14.1. The summed E-state index contributed by atoms with van der Waals surface area (Å²) in [5.41, 5.74) is 0. The van der Waals surface area contributed by atoms with Crippen LogP contribution in [0.3, 0.4) is 0 Å². The maximum Gasteiger partial charge on any atom is 0.501 e. The molecule has 0 aromatic heterocycles. The van der Waals surface area contributed by atoms with E-state index >= 15 is 0 Å². The fourth-order valence-electron chi connectivity index (χ4n) is 1.79. The zero-order valence-corrected chi connectivity index (χ0v) is 15.0. The van der Waals surface area contributed by atoms with Crippen molar-refractivity contribution in [2.24, 2.45) is 5.92 Å². The van der Waals surface area contributed by atoms with Crippen molar-refractivity contribution in [2.45, 2.75) is 60.1 Å². The zero-order chi connectivity index (χ0) is 15.4. The van der Waals surface area contributed by atoms with E-state index in [1.807, 2.05) is 20.8 Å². The highest BCUT2D eigenvalue weighted by atomic mass is 28.4. The summed E-state index contributed by atoms with van der Waals surface area (Å²) in [6, 6.07) is 0.791. The summed E-state index contributed by atoms with van der Waals surface area (Å²) in [6.07, 6.45) is 4.85. The SMILES string of the molecule is CCO[Si](CCC(C)OC=CC(C)C)(OCC)OCC. The molecule has 0 aromatic carbocycles. The number of hydrogen-bond donors (Lipinski definition) is 0. The fraction of sp³-hybridized carbons (Fsp3) is 0.867. The Balaban J connectivity index is 4.35. The highest BCUT2D eigenvalue weighted by molar-refractivity contribution is 6.60. The molecule has 0 fully saturated rings. The van der Waals surface area contributed by atoms with Gasteiger partial charge in [-0.1, -0.05) is 13.8 Å². The minimum atomic E-state index is -2.52. The molecule has 0 aliphatic carbocycles. The molecule has 0 rings (SSSR count). The third-order valence-electron chi connectivity index (χ3n) is 2.72. The van der Waals surface area contributed by atoms with E-state index < -0.39 is 8.80 Å². The average Bonchev–Trinajstić information content (AvgIpc) is 2.37. The third kappa shape index (κ3) is 8.74. The van der Waals surface area contributed by atoms with Gasteiger partial charge < -0.3 is 18.0 Å². The molecule has 0 bridgehead atoms. The summed E-state index contributed by atoms with van der Waals surface area (Å²) < 4.78 is 23.1. The van der Waals surface area contributed by atoms with Gasteiger partial charge in [0.2, 0.25) is 0 Å². The van der Waals surface area contributed by atoms with E-state index in [1.165, 1.54) is 0 Å². The van der Waals surface area contributed by atoms with Gasteiger partial charge in [-0.25, -0.2) is 0 Å². The molecule has 4 nitrogen and oxygen atoms in total. The molecule has 0 spiro atoms. The molecule has 0 N–H and O–H groups in total. The fourth-order valence-corrected chi connectivity index (χ4v) is 4.55. The Bertz CT molecular complexity index is 239. The maximum absolute atomic E-state index is 5.82. The van der Waals surface area contributed by atoms with E-state index in [9.17, 15) is 0 Å². The molecule has 5 heteroatoms. The lowest BCUT2D eigenvalue weighted by molar-refractivity contribution is 0.0649. The third-order valence-corrected chi connectivity index (χ3v) is 5.81. The van der Waals surface area contributed by atoms with E-state index in [-0.39, 0.29) is 6.10 Å². The summed E-state index contributed by atoms with van der Waals surface area (Å²) in [5.74, 6) is 0.505. The second kappa shape index (κ2) is 11.3. The van der Waals surface area contributed by atoms with Crippen LogP contribution in [0.25, 0.3) is 0 Å². The predicted octanol–water partition coefficient (Wildman–Crippen LogP) is 4.00. The van der Waals surface area contributed by atoms with E-state index in [4.69, 9.17) is 18.0 Å². The largest absolute Gasteiger partial charge is 0.501 e. The Morgan fingerprint density at radius 3 is 1.80 bits per heavy atom. The number of hydrogen-bond acceptors (Lipinski definition) is 4. The molecule has 0 aliphatic rings. The first-order valence-electron chi connectivity index (χ1n) is 7.73. The van der Waals surface area contributed by atoms with Crippen LogP contribution in [0.5, 0.6) is 0 Å². The second-order valence-electron chi connectivity index (χ2n) is 5.04. The first-order chi connectivity index (χ1) is 9.49. The van der Waals surface area contributed by atoms with Crippen molar-refractivity contribution in [3.8, 4) is 0 Å². The summed E-state index contributed by atoms with van der Waals surface area (Å²) in [5, 5.41) is 0. The van der Waals surface area contributed by atoms with Crippen molar-refractivity contribution in [2.75, 3.05) is 19.8 Å². The van der Waals surface area contributed by atoms with Crippen LogP contribution in [0.1, 0.15) is 48.0 Å². The van der Waals surface area contributed by atoms with Crippen LogP contribution >= 0.6 is 0 Å². The van der Waals surface area contributed by atoms with E-state index in [0.29, 0.717) is 25.7 Å².